The van der Waals surface area contributed by atoms with E-state index in [1.54, 1.807) is 0 Å². The average molecular weight is 326 g/mol. The molecular formula is C19H26N4O. The number of nitrogens with one attached hydrogen (secondary N) is 3. The quantitative estimate of drug-likeness (QED) is 0.791. The van der Waals surface area contributed by atoms with Crippen LogP contribution in [-0.4, -0.2) is 28.7 Å². The monoisotopic (exact) mass is 326 g/mol. The normalized spacial score (nSPS) is 15.2. The van der Waals surface area contributed by atoms with Crippen LogP contribution in [0.3, 0.4) is 0 Å². The standard InChI is InChI=1S/C19H26N4O/c1-12(2)15-6-4-14(5-7-15)10-13(3)21-19(24)18-16-11-20-9-8-17(16)22-23-18/h4-7,12-13,20H,8-11H2,1-3H3,(H,21,24)(H,22,23). The largest absolute Gasteiger partial charge is 0.348 e. The van der Waals surface area contributed by atoms with Crippen molar-refractivity contribution in [3.8, 4) is 0 Å². The molecule has 1 atom stereocenters. The molecule has 0 radical (unpaired) electrons. The molecule has 0 saturated heterocycles. The third kappa shape index (κ3) is 3.67. The zero-order valence-electron chi connectivity index (χ0n) is 14.6. The smallest absolute Gasteiger partial charge is 0.272 e. The summed E-state index contributed by atoms with van der Waals surface area (Å²) in [6, 6.07) is 8.71. The first-order valence-electron chi connectivity index (χ1n) is 8.71. The summed E-state index contributed by atoms with van der Waals surface area (Å²) in [6.07, 6.45) is 1.71. The van der Waals surface area contributed by atoms with Crippen LogP contribution in [0.1, 0.15) is 59.6 Å². The van der Waals surface area contributed by atoms with Gasteiger partial charge in [-0.2, -0.15) is 5.10 Å². The van der Waals surface area contributed by atoms with Gasteiger partial charge in [-0.25, -0.2) is 0 Å². The summed E-state index contributed by atoms with van der Waals surface area (Å²) in [5.74, 6) is 0.443. The van der Waals surface area contributed by atoms with Crippen molar-refractivity contribution in [3.63, 3.8) is 0 Å². The molecule has 1 aromatic carbocycles. The Kier molecular flexibility index (Phi) is 5.00. The number of nitrogens with zero attached hydrogens (tertiary/aromatic N) is 1. The Hall–Kier alpha value is -2.14. The number of rotatable bonds is 5. The molecule has 128 valence electrons. The Bertz CT molecular complexity index is 703. The minimum Gasteiger partial charge on any atom is -0.348 e. The van der Waals surface area contributed by atoms with Crippen LogP contribution in [-0.2, 0) is 19.4 Å². The van der Waals surface area contributed by atoms with Crippen molar-refractivity contribution >= 4 is 5.91 Å². The maximum absolute atomic E-state index is 12.5. The minimum absolute atomic E-state index is 0.0614. The van der Waals surface area contributed by atoms with Gasteiger partial charge in [-0.1, -0.05) is 38.1 Å². The second-order valence-electron chi connectivity index (χ2n) is 6.93. The first-order chi connectivity index (χ1) is 11.5. The van der Waals surface area contributed by atoms with E-state index in [0.717, 1.165) is 30.6 Å². The summed E-state index contributed by atoms with van der Waals surface area (Å²) in [5, 5.41) is 13.6. The highest BCUT2D eigenvalue weighted by molar-refractivity contribution is 5.94. The van der Waals surface area contributed by atoms with Gasteiger partial charge >= 0.3 is 0 Å². The van der Waals surface area contributed by atoms with Crippen LogP contribution >= 0.6 is 0 Å². The second kappa shape index (κ2) is 7.18. The van der Waals surface area contributed by atoms with E-state index in [1.807, 2.05) is 6.92 Å². The number of carbonyl (C=O) groups excluding carboxylic acids is 1. The number of aromatic amines is 1. The van der Waals surface area contributed by atoms with Crippen LogP contribution in [0.15, 0.2) is 24.3 Å². The Labute approximate surface area is 143 Å². The maximum Gasteiger partial charge on any atom is 0.272 e. The Morgan fingerprint density at radius 3 is 2.71 bits per heavy atom. The van der Waals surface area contributed by atoms with Crippen molar-refractivity contribution in [2.24, 2.45) is 0 Å². The van der Waals surface area contributed by atoms with Gasteiger partial charge in [0.05, 0.1) is 0 Å². The number of carbonyl (C=O) groups is 1. The fourth-order valence-corrected chi connectivity index (χ4v) is 3.15. The molecule has 24 heavy (non-hydrogen) atoms. The van der Waals surface area contributed by atoms with Gasteiger partial charge in [0.15, 0.2) is 5.69 Å². The number of hydrogen-bond acceptors (Lipinski definition) is 3. The van der Waals surface area contributed by atoms with E-state index in [2.05, 4.69) is 58.9 Å². The Morgan fingerprint density at radius 1 is 1.25 bits per heavy atom. The van der Waals surface area contributed by atoms with E-state index >= 15 is 0 Å². The molecule has 5 nitrogen and oxygen atoms in total. The molecule has 0 aliphatic carbocycles. The van der Waals surface area contributed by atoms with Crippen molar-refractivity contribution in [2.75, 3.05) is 6.54 Å². The molecule has 1 aliphatic heterocycles. The molecule has 1 aromatic heterocycles. The molecule has 5 heteroatoms. The molecule has 2 aromatic rings. The fraction of sp³-hybridized carbons (Fsp3) is 0.474. The molecule has 0 spiro atoms. The predicted octanol–water partition coefficient (Wildman–Crippen LogP) is 2.54. The van der Waals surface area contributed by atoms with Gasteiger partial charge in [-0.15, -0.1) is 0 Å². The summed E-state index contributed by atoms with van der Waals surface area (Å²) < 4.78 is 0. The minimum atomic E-state index is -0.0949. The molecule has 1 aliphatic rings. The zero-order chi connectivity index (χ0) is 17.1. The topological polar surface area (TPSA) is 69.8 Å². The molecule has 1 amide bonds. The highest BCUT2D eigenvalue weighted by Gasteiger charge is 2.22. The van der Waals surface area contributed by atoms with Gasteiger partial charge in [0, 0.05) is 36.8 Å². The van der Waals surface area contributed by atoms with E-state index in [4.69, 9.17) is 0 Å². The SMILES string of the molecule is CC(Cc1ccc(C(C)C)cc1)NC(=O)c1n[nH]c2c1CNCC2. The summed E-state index contributed by atoms with van der Waals surface area (Å²) in [5.41, 5.74) is 5.19. The van der Waals surface area contributed by atoms with Crippen LogP contribution in [0, 0.1) is 0 Å². The molecule has 3 rings (SSSR count). The Balaban J connectivity index is 1.61. The van der Waals surface area contributed by atoms with E-state index in [1.165, 1.54) is 11.1 Å². The molecule has 0 bridgehead atoms. The van der Waals surface area contributed by atoms with E-state index in [9.17, 15) is 4.79 Å². The summed E-state index contributed by atoms with van der Waals surface area (Å²) in [7, 11) is 0. The van der Waals surface area contributed by atoms with Crippen molar-refractivity contribution in [3.05, 3.63) is 52.3 Å². The van der Waals surface area contributed by atoms with Gasteiger partial charge in [0.2, 0.25) is 0 Å². The molecule has 3 N–H and O–H groups in total. The van der Waals surface area contributed by atoms with Crippen molar-refractivity contribution in [1.82, 2.24) is 20.8 Å². The second-order valence-corrected chi connectivity index (χ2v) is 6.93. The highest BCUT2D eigenvalue weighted by atomic mass is 16.2. The van der Waals surface area contributed by atoms with Crippen molar-refractivity contribution < 1.29 is 4.79 Å². The summed E-state index contributed by atoms with van der Waals surface area (Å²) in [6.45, 7) is 8.05. The number of H-pyrrole nitrogens is 1. The van der Waals surface area contributed by atoms with Gasteiger partial charge in [-0.05, 0) is 30.4 Å². The number of amides is 1. The third-order valence-corrected chi connectivity index (χ3v) is 4.59. The lowest BCUT2D eigenvalue weighted by Gasteiger charge is -2.16. The van der Waals surface area contributed by atoms with Gasteiger partial charge in [0.1, 0.15) is 0 Å². The molecule has 2 heterocycles. The van der Waals surface area contributed by atoms with Crippen LogP contribution in [0.4, 0.5) is 0 Å². The van der Waals surface area contributed by atoms with Gasteiger partial charge in [-0.3, -0.25) is 9.89 Å². The van der Waals surface area contributed by atoms with E-state index in [0.29, 0.717) is 18.2 Å². The Morgan fingerprint density at radius 2 is 2.00 bits per heavy atom. The van der Waals surface area contributed by atoms with Gasteiger partial charge < -0.3 is 10.6 Å². The van der Waals surface area contributed by atoms with Crippen LogP contribution in [0.25, 0.3) is 0 Å². The van der Waals surface area contributed by atoms with Crippen LogP contribution < -0.4 is 10.6 Å². The number of hydrogen-bond donors (Lipinski definition) is 3. The van der Waals surface area contributed by atoms with Crippen molar-refractivity contribution in [2.45, 2.75) is 52.1 Å². The number of benzene rings is 1. The maximum atomic E-state index is 12.5. The third-order valence-electron chi connectivity index (χ3n) is 4.59. The van der Waals surface area contributed by atoms with Crippen molar-refractivity contribution in [1.29, 1.82) is 0 Å². The summed E-state index contributed by atoms with van der Waals surface area (Å²) >= 11 is 0. The van der Waals surface area contributed by atoms with Gasteiger partial charge in [0.25, 0.3) is 5.91 Å². The predicted molar refractivity (Wildman–Crippen MR) is 95.2 cm³/mol. The fourth-order valence-electron chi connectivity index (χ4n) is 3.15. The van der Waals surface area contributed by atoms with Crippen LogP contribution in [0.5, 0.6) is 0 Å². The average Bonchev–Trinajstić information content (AvgIpc) is 2.99. The molecule has 1 unspecified atom stereocenters. The summed E-state index contributed by atoms with van der Waals surface area (Å²) in [4.78, 5) is 12.5. The van der Waals surface area contributed by atoms with E-state index in [-0.39, 0.29) is 11.9 Å². The molecule has 0 saturated carbocycles. The zero-order valence-corrected chi connectivity index (χ0v) is 14.6. The lowest BCUT2D eigenvalue weighted by atomic mass is 9.99. The van der Waals surface area contributed by atoms with E-state index < -0.39 is 0 Å². The van der Waals surface area contributed by atoms with Crippen LogP contribution in [0.2, 0.25) is 0 Å². The highest BCUT2D eigenvalue weighted by Crippen LogP contribution is 2.17. The lowest BCUT2D eigenvalue weighted by Crippen LogP contribution is -2.35. The molecule has 0 fully saturated rings. The lowest BCUT2D eigenvalue weighted by molar-refractivity contribution is 0.0934. The molecular weight excluding hydrogens is 300 g/mol. The number of aromatic nitrogens is 2. The first-order valence-corrected chi connectivity index (χ1v) is 8.71. The first kappa shape index (κ1) is 16.7. The number of fused-ring (bicyclic) bond motifs is 1.